The first kappa shape index (κ1) is 33.4. The summed E-state index contributed by atoms with van der Waals surface area (Å²) in [6.07, 6.45) is 8.49. The maximum Gasteiger partial charge on any atom is 0.152 e. The van der Waals surface area contributed by atoms with Gasteiger partial charge in [0.2, 0.25) is 0 Å². The van der Waals surface area contributed by atoms with Crippen molar-refractivity contribution in [3.05, 3.63) is 75.5 Å². The molecule has 2 rings (SSSR count). The number of aromatic nitrogens is 1. The van der Waals surface area contributed by atoms with E-state index in [-0.39, 0.29) is 5.78 Å². The van der Waals surface area contributed by atoms with Gasteiger partial charge in [-0.2, -0.15) is 0 Å². The van der Waals surface area contributed by atoms with Gasteiger partial charge in [-0.1, -0.05) is 95.4 Å². The molecule has 0 spiro atoms. The van der Waals surface area contributed by atoms with E-state index in [9.17, 15) is 4.79 Å². The van der Waals surface area contributed by atoms with E-state index in [1.165, 1.54) is 59.0 Å². The van der Waals surface area contributed by atoms with E-state index in [1.54, 1.807) is 0 Å². The molecule has 0 radical (unpaired) electrons. The Hall–Kier alpha value is -1.74. The minimum absolute atomic E-state index is 0.0185. The van der Waals surface area contributed by atoms with Crippen LogP contribution in [0.5, 0.6) is 0 Å². The van der Waals surface area contributed by atoms with Crippen LogP contribution in [0.15, 0.2) is 47.6 Å². The maximum atomic E-state index is 9.69. The van der Waals surface area contributed by atoms with Crippen LogP contribution < -0.4 is 0 Å². The third-order valence-corrected chi connectivity index (χ3v) is 5.88. The number of hydrogen-bond acceptors (Lipinski definition) is 2. The van der Waals surface area contributed by atoms with Crippen molar-refractivity contribution in [3.8, 4) is 0 Å². The molecule has 2 aromatic rings. The third kappa shape index (κ3) is 18.4. The van der Waals surface area contributed by atoms with Gasteiger partial charge in [0.15, 0.2) is 5.78 Å². The SMILES string of the molecule is C=CC(C)=O.CCCCC(C)C.CCc1cc(C)c(Br)cc1C.Cc1ccc(C(C)C)cn1. The molecule has 33 heavy (non-hydrogen) atoms. The summed E-state index contributed by atoms with van der Waals surface area (Å²) in [5, 5.41) is 0. The smallest absolute Gasteiger partial charge is 0.152 e. The Labute approximate surface area is 213 Å². The van der Waals surface area contributed by atoms with Gasteiger partial charge in [0.1, 0.15) is 0 Å². The molecule has 0 aliphatic heterocycles. The van der Waals surface area contributed by atoms with Crippen LogP contribution in [0, 0.1) is 26.7 Å². The van der Waals surface area contributed by atoms with Crippen LogP contribution in [0.2, 0.25) is 0 Å². The molecule has 0 N–H and O–H groups in total. The second-order valence-corrected chi connectivity index (χ2v) is 9.97. The molecule has 0 amide bonds. The number of unbranched alkanes of at least 4 members (excludes halogenated alkanes) is 1. The van der Waals surface area contributed by atoms with Crippen LogP contribution in [-0.2, 0) is 11.2 Å². The van der Waals surface area contributed by atoms with E-state index in [1.807, 2.05) is 13.1 Å². The van der Waals surface area contributed by atoms with Gasteiger partial charge in [0.25, 0.3) is 0 Å². The highest BCUT2D eigenvalue weighted by Gasteiger charge is 1.99. The number of pyridine rings is 1. The summed E-state index contributed by atoms with van der Waals surface area (Å²) in [6, 6.07) is 8.62. The molecule has 3 heteroatoms. The van der Waals surface area contributed by atoms with Gasteiger partial charge < -0.3 is 0 Å². The predicted molar refractivity (Wildman–Crippen MR) is 151 cm³/mol. The average Bonchev–Trinajstić information content (AvgIpc) is 2.76. The Morgan fingerprint density at radius 1 is 1.06 bits per heavy atom. The van der Waals surface area contributed by atoms with E-state index in [4.69, 9.17) is 0 Å². The Balaban J connectivity index is 0. The molecule has 0 aliphatic carbocycles. The monoisotopic (exact) mass is 517 g/mol. The van der Waals surface area contributed by atoms with Gasteiger partial charge in [-0.3, -0.25) is 9.78 Å². The topological polar surface area (TPSA) is 30.0 Å². The number of aryl methyl sites for hydroxylation is 4. The fourth-order valence-corrected chi connectivity index (χ4v) is 3.11. The van der Waals surface area contributed by atoms with Crippen molar-refractivity contribution in [1.29, 1.82) is 0 Å². The molecule has 1 aromatic carbocycles. The highest BCUT2D eigenvalue weighted by atomic mass is 79.9. The summed E-state index contributed by atoms with van der Waals surface area (Å²) in [5.41, 5.74) is 6.55. The number of hydrogen-bond donors (Lipinski definition) is 0. The molecule has 186 valence electrons. The lowest BCUT2D eigenvalue weighted by atomic mass is 10.0. The van der Waals surface area contributed by atoms with Gasteiger partial charge in [-0.15, -0.1) is 0 Å². The Kier molecular flexibility index (Phi) is 20.0. The number of benzene rings is 1. The van der Waals surface area contributed by atoms with Gasteiger partial charge in [-0.05, 0) is 86.4 Å². The highest BCUT2D eigenvalue weighted by molar-refractivity contribution is 9.10. The van der Waals surface area contributed by atoms with E-state index in [0.717, 1.165) is 18.0 Å². The van der Waals surface area contributed by atoms with Crippen molar-refractivity contribution in [2.75, 3.05) is 0 Å². The molecule has 0 bridgehead atoms. The number of allylic oxidation sites excluding steroid dienone is 1. The highest BCUT2D eigenvalue weighted by Crippen LogP contribution is 2.21. The zero-order valence-corrected chi connectivity index (χ0v) is 24.5. The molecular weight excluding hydrogens is 470 g/mol. The first-order valence-corrected chi connectivity index (χ1v) is 13.0. The Bertz CT molecular complexity index is 792. The van der Waals surface area contributed by atoms with E-state index < -0.39 is 0 Å². The number of halogens is 1. The fraction of sp³-hybridized carbons (Fsp3) is 0.533. The molecule has 0 aliphatic rings. The van der Waals surface area contributed by atoms with E-state index in [0.29, 0.717) is 5.92 Å². The summed E-state index contributed by atoms with van der Waals surface area (Å²) in [5.74, 6) is 1.51. The number of rotatable bonds is 6. The quantitative estimate of drug-likeness (QED) is 0.356. The van der Waals surface area contributed by atoms with E-state index in [2.05, 4.69) is 107 Å². The number of carbonyl (C=O) groups excluding carboxylic acids is 1. The van der Waals surface area contributed by atoms with Crippen LogP contribution in [0.25, 0.3) is 0 Å². The summed E-state index contributed by atoms with van der Waals surface area (Å²) >= 11 is 3.51. The van der Waals surface area contributed by atoms with Crippen molar-refractivity contribution in [2.45, 2.75) is 101 Å². The lowest BCUT2D eigenvalue weighted by molar-refractivity contribution is -0.112. The number of carbonyl (C=O) groups is 1. The van der Waals surface area contributed by atoms with Gasteiger partial charge in [-0.25, -0.2) is 0 Å². The van der Waals surface area contributed by atoms with Crippen molar-refractivity contribution in [2.24, 2.45) is 5.92 Å². The molecule has 0 saturated heterocycles. The minimum atomic E-state index is 0.0185. The Morgan fingerprint density at radius 2 is 1.64 bits per heavy atom. The summed E-state index contributed by atoms with van der Waals surface area (Å²) in [7, 11) is 0. The second kappa shape index (κ2) is 19.7. The van der Waals surface area contributed by atoms with E-state index >= 15 is 0 Å². The van der Waals surface area contributed by atoms with Crippen molar-refractivity contribution >= 4 is 21.7 Å². The molecule has 0 atom stereocenters. The summed E-state index contributed by atoms with van der Waals surface area (Å²) in [6.45, 7) is 24.3. The molecule has 1 aromatic heterocycles. The zero-order chi connectivity index (χ0) is 26.0. The lowest BCUT2D eigenvalue weighted by Crippen LogP contribution is -1.88. The van der Waals surface area contributed by atoms with Crippen LogP contribution in [0.3, 0.4) is 0 Å². The molecule has 1 heterocycles. The van der Waals surface area contributed by atoms with Crippen LogP contribution in [0.1, 0.15) is 102 Å². The Morgan fingerprint density at radius 3 is 1.97 bits per heavy atom. The predicted octanol–water partition coefficient (Wildman–Crippen LogP) is 9.74. The lowest BCUT2D eigenvalue weighted by Gasteiger charge is -2.05. The van der Waals surface area contributed by atoms with Crippen molar-refractivity contribution in [3.63, 3.8) is 0 Å². The third-order valence-electron chi connectivity index (χ3n) is 5.02. The van der Waals surface area contributed by atoms with Gasteiger partial charge in [0.05, 0.1) is 0 Å². The minimum Gasteiger partial charge on any atom is -0.295 e. The van der Waals surface area contributed by atoms with Crippen molar-refractivity contribution in [1.82, 2.24) is 4.98 Å². The number of nitrogens with zero attached hydrogens (tertiary/aromatic N) is 1. The summed E-state index contributed by atoms with van der Waals surface area (Å²) < 4.78 is 1.22. The van der Waals surface area contributed by atoms with Gasteiger partial charge in [0, 0.05) is 16.4 Å². The first-order valence-electron chi connectivity index (χ1n) is 12.2. The molecule has 0 unspecified atom stereocenters. The van der Waals surface area contributed by atoms with Crippen LogP contribution in [0.4, 0.5) is 0 Å². The van der Waals surface area contributed by atoms with Crippen LogP contribution >= 0.6 is 15.9 Å². The van der Waals surface area contributed by atoms with Gasteiger partial charge >= 0.3 is 0 Å². The van der Waals surface area contributed by atoms with Crippen molar-refractivity contribution < 1.29 is 4.79 Å². The standard InChI is InChI=1S/C10H13Br.C9H13N.C7H16.C4H6O/c1-4-9-5-8(3)10(11)6-7(9)2;1-7(2)9-5-4-8(3)10-6-9;1-4-5-6-7(2)3;1-3-4(2)5/h5-6H,4H2,1-3H3;4-7H,1-3H3;7H,4-6H2,1-3H3;3H,1H2,2H3. The summed E-state index contributed by atoms with van der Waals surface area (Å²) in [4.78, 5) is 13.9. The molecule has 0 fully saturated rings. The number of ketones is 1. The molecule has 0 saturated carbocycles. The molecule has 2 nitrogen and oxygen atoms in total. The normalized spacial score (nSPS) is 9.73. The second-order valence-electron chi connectivity index (χ2n) is 9.12. The first-order chi connectivity index (χ1) is 15.4. The van der Waals surface area contributed by atoms with Crippen LogP contribution in [-0.4, -0.2) is 10.8 Å². The largest absolute Gasteiger partial charge is 0.295 e. The molecular formula is C30H48BrNO. The average molecular weight is 519 g/mol. The maximum absolute atomic E-state index is 9.69. The zero-order valence-electron chi connectivity index (χ0n) is 22.9. The fourth-order valence-electron chi connectivity index (χ4n) is 2.65.